The number of aryl methyl sites for hydroxylation is 1. The minimum Gasteiger partial charge on any atom is -0.361 e. The Labute approximate surface area is 118 Å². The van der Waals surface area contributed by atoms with Crippen molar-refractivity contribution in [2.24, 2.45) is 5.73 Å². The maximum atomic E-state index is 5.73. The Morgan fingerprint density at radius 2 is 2.25 bits per heavy atom. The van der Waals surface area contributed by atoms with Gasteiger partial charge in [-0.15, -0.1) is 0 Å². The normalized spacial score (nSPS) is 17.5. The third-order valence-corrected chi connectivity index (χ3v) is 3.83. The third kappa shape index (κ3) is 2.41. The van der Waals surface area contributed by atoms with Gasteiger partial charge >= 0.3 is 0 Å². The zero-order valence-corrected chi connectivity index (χ0v) is 11.7. The highest BCUT2D eigenvalue weighted by atomic mass is 16.5. The van der Waals surface area contributed by atoms with Crippen LogP contribution in [0.3, 0.4) is 0 Å². The Bertz CT molecular complexity index is 581. The van der Waals surface area contributed by atoms with Crippen molar-refractivity contribution in [2.75, 3.05) is 18.0 Å². The van der Waals surface area contributed by atoms with E-state index in [-0.39, 0.29) is 0 Å². The molecular weight excluding hydrogens is 252 g/mol. The Hall–Kier alpha value is -1.88. The summed E-state index contributed by atoms with van der Waals surface area (Å²) >= 11 is 0. The molecule has 0 aliphatic carbocycles. The Kier molecular flexibility index (Phi) is 3.69. The van der Waals surface area contributed by atoms with Gasteiger partial charge in [0.15, 0.2) is 5.82 Å². The van der Waals surface area contributed by atoms with Gasteiger partial charge in [0, 0.05) is 24.6 Å². The summed E-state index contributed by atoms with van der Waals surface area (Å²) in [6.45, 7) is 4.38. The van der Waals surface area contributed by atoms with E-state index in [0.29, 0.717) is 24.9 Å². The van der Waals surface area contributed by atoms with Gasteiger partial charge in [0.25, 0.3) is 0 Å². The zero-order chi connectivity index (χ0) is 13.9. The second kappa shape index (κ2) is 5.63. The molecule has 0 spiro atoms. The summed E-state index contributed by atoms with van der Waals surface area (Å²) < 4.78 is 5.30. The molecule has 106 valence electrons. The highest BCUT2D eigenvalue weighted by Crippen LogP contribution is 2.38. The molecule has 5 nitrogen and oxygen atoms in total. The lowest BCUT2D eigenvalue weighted by Crippen LogP contribution is -2.22. The van der Waals surface area contributed by atoms with E-state index in [2.05, 4.69) is 39.3 Å². The number of fused-ring (bicyclic) bond motifs is 1. The van der Waals surface area contributed by atoms with Crippen LogP contribution in [0.5, 0.6) is 0 Å². The molecule has 3 rings (SSSR count). The molecule has 1 aliphatic heterocycles. The summed E-state index contributed by atoms with van der Waals surface area (Å²) in [7, 11) is 0. The molecule has 1 atom stereocenters. The summed E-state index contributed by atoms with van der Waals surface area (Å²) in [4.78, 5) is 6.70. The first-order valence-electron chi connectivity index (χ1n) is 7.17. The fourth-order valence-corrected chi connectivity index (χ4v) is 2.84. The second-order valence-electron chi connectivity index (χ2n) is 5.17. The van der Waals surface area contributed by atoms with E-state index in [1.165, 1.54) is 11.3 Å². The van der Waals surface area contributed by atoms with Crippen molar-refractivity contribution in [3.8, 4) is 0 Å². The molecular formula is C15H20N4O. The van der Waals surface area contributed by atoms with Crippen LogP contribution in [-0.4, -0.2) is 23.2 Å². The SMILES string of the molecule is CCc1noc(CN2CC(CCN)c3ccccc32)n1. The maximum absolute atomic E-state index is 5.73. The number of aromatic nitrogens is 2. The van der Waals surface area contributed by atoms with Gasteiger partial charge in [0.05, 0.1) is 6.54 Å². The van der Waals surface area contributed by atoms with Crippen LogP contribution < -0.4 is 10.6 Å². The van der Waals surface area contributed by atoms with Crippen molar-refractivity contribution in [2.45, 2.75) is 32.2 Å². The van der Waals surface area contributed by atoms with Crippen LogP contribution in [0.25, 0.3) is 0 Å². The lowest BCUT2D eigenvalue weighted by atomic mass is 9.98. The van der Waals surface area contributed by atoms with Gasteiger partial charge in [-0.3, -0.25) is 0 Å². The molecule has 2 heterocycles. The van der Waals surface area contributed by atoms with Crippen LogP contribution in [-0.2, 0) is 13.0 Å². The Morgan fingerprint density at radius 3 is 3.00 bits per heavy atom. The average molecular weight is 272 g/mol. The molecule has 0 saturated heterocycles. The highest BCUT2D eigenvalue weighted by Gasteiger charge is 2.28. The molecule has 1 aliphatic rings. The molecule has 2 aromatic rings. The van der Waals surface area contributed by atoms with E-state index in [1.807, 2.05) is 6.92 Å². The van der Waals surface area contributed by atoms with E-state index in [0.717, 1.165) is 25.2 Å². The summed E-state index contributed by atoms with van der Waals surface area (Å²) in [5, 5.41) is 3.96. The lowest BCUT2D eigenvalue weighted by Gasteiger charge is -2.17. The number of nitrogens with two attached hydrogens (primary N) is 1. The van der Waals surface area contributed by atoms with Crippen LogP contribution >= 0.6 is 0 Å². The summed E-state index contributed by atoms with van der Waals surface area (Å²) in [5.74, 6) is 1.96. The zero-order valence-electron chi connectivity index (χ0n) is 11.7. The fraction of sp³-hybridized carbons (Fsp3) is 0.467. The van der Waals surface area contributed by atoms with Gasteiger partial charge in [-0.2, -0.15) is 4.98 Å². The summed E-state index contributed by atoms with van der Waals surface area (Å²) in [5.41, 5.74) is 8.37. The van der Waals surface area contributed by atoms with Gasteiger partial charge in [0.1, 0.15) is 0 Å². The minimum absolute atomic E-state index is 0.504. The maximum Gasteiger partial charge on any atom is 0.246 e. The first kappa shape index (κ1) is 13.1. The van der Waals surface area contributed by atoms with Crippen molar-refractivity contribution in [1.29, 1.82) is 0 Å². The van der Waals surface area contributed by atoms with E-state index >= 15 is 0 Å². The molecule has 0 bridgehead atoms. The minimum atomic E-state index is 0.504. The Balaban J connectivity index is 1.80. The average Bonchev–Trinajstić information content (AvgIpc) is 3.06. The van der Waals surface area contributed by atoms with Crippen LogP contribution in [0.1, 0.15) is 36.5 Å². The second-order valence-corrected chi connectivity index (χ2v) is 5.17. The number of nitrogens with zero attached hydrogens (tertiary/aromatic N) is 3. The molecule has 5 heteroatoms. The van der Waals surface area contributed by atoms with Gasteiger partial charge in [-0.1, -0.05) is 30.3 Å². The summed E-state index contributed by atoms with van der Waals surface area (Å²) in [6, 6.07) is 8.51. The molecule has 1 unspecified atom stereocenters. The third-order valence-electron chi connectivity index (χ3n) is 3.83. The van der Waals surface area contributed by atoms with Crippen molar-refractivity contribution >= 4 is 5.69 Å². The van der Waals surface area contributed by atoms with E-state index in [1.54, 1.807) is 0 Å². The number of hydrogen-bond acceptors (Lipinski definition) is 5. The highest BCUT2D eigenvalue weighted by molar-refractivity contribution is 5.60. The standard InChI is InChI=1S/C15H20N4O/c1-2-14-17-15(20-18-14)10-19-9-11(7-8-16)12-5-3-4-6-13(12)19/h3-6,11H,2,7-10,16H2,1H3. The van der Waals surface area contributed by atoms with E-state index in [9.17, 15) is 0 Å². The van der Waals surface area contributed by atoms with E-state index < -0.39 is 0 Å². The molecule has 0 radical (unpaired) electrons. The molecule has 2 N–H and O–H groups in total. The molecule has 20 heavy (non-hydrogen) atoms. The first-order chi connectivity index (χ1) is 9.81. The van der Waals surface area contributed by atoms with Crippen LogP contribution in [0.2, 0.25) is 0 Å². The number of rotatable bonds is 5. The van der Waals surface area contributed by atoms with Crippen LogP contribution in [0, 0.1) is 0 Å². The van der Waals surface area contributed by atoms with Gasteiger partial charge in [0.2, 0.25) is 5.89 Å². The van der Waals surface area contributed by atoms with E-state index in [4.69, 9.17) is 10.3 Å². The lowest BCUT2D eigenvalue weighted by molar-refractivity contribution is 0.371. The van der Waals surface area contributed by atoms with Crippen molar-refractivity contribution in [1.82, 2.24) is 10.1 Å². The smallest absolute Gasteiger partial charge is 0.246 e. The number of benzene rings is 1. The molecule has 0 saturated carbocycles. The topological polar surface area (TPSA) is 68.2 Å². The fourth-order valence-electron chi connectivity index (χ4n) is 2.84. The van der Waals surface area contributed by atoms with Crippen molar-refractivity contribution in [3.63, 3.8) is 0 Å². The number of anilines is 1. The van der Waals surface area contributed by atoms with Gasteiger partial charge in [-0.05, 0) is 24.6 Å². The molecule has 1 aromatic carbocycles. The van der Waals surface area contributed by atoms with Crippen LogP contribution in [0.4, 0.5) is 5.69 Å². The summed E-state index contributed by atoms with van der Waals surface area (Å²) in [6.07, 6.45) is 1.81. The molecule has 1 aromatic heterocycles. The van der Waals surface area contributed by atoms with Gasteiger partial charge < -0.3 is 15.2 Å². The largest absolute Gasteiger partial charge is 0.361 e. The first-order valence-corrected chi connectivity index (χ1v) is 7.17. The predicted molar refractivity (Wildman–Crippen MR) is 77.6 cm³/mol. The molecule has 0 fully saturated rings. The number of para-hydroxylation sites is 1. The van der Waals surface area contributed by atoms with Gasteiger partial charge in [-0.25, -0.2) is 0 Å². The quantitative estimate of drug-likeness (QED) is 0.902. The molecule has 0 amide bonds. The van der Waals surface area contributed by atoms with Crippen LogP contribution in [0.15, 0.2) is 28.8 Å². The van der Waals surface area contributed by atoms with Crippen molar-refractivity contribution < 1.29 is 4.52 Å². The Morgan fingerprint density at radius 1 is 1.40 bits per heavy atom. The number of hydrogen-bond donors (Lipinski definition) is 1. The predicted octanol–water partition coefficient (Wildman–Crippen LogP) is 2.08. The van der Waals surface area contributed by atoms with Crippen molar-refractivity contribution in [3.05, 3.63) is 41.5 Å². The monoisotopic (exact) mass is 272 g/mol.